The standard InChI is InChI=1S/C16H21NO3S2/c18-16(13-5-2-1-3-6-13)17-9-8-15(14-7-4-11-21-14)22(19,20)12-10-17/h1-2,4,7,11,13,15H,3,5-6,8-10,12H2. The van der Waals surface area contributed by atoms with Crippen LogP contribution in [0.4, 0.5) is 0 Å². The second kappa shape index (κ2) is 6.54. The Labute approximate surface area is 135 Å². The maximum Gasteiger partial charge on any atom is 0.226 e. The van der Waals surface area contributed by atoms with Gasteiger partial charge in [-0.1, -0.05) is 18.2 Å². The fourth-order valence-electron chi connectivity index (χ4n) is 3.23. The van der Waals surface area contributed by atoms with E-state index in [-0.39, 0.29) is 17.6 Å². The number of thiophene rings is 1. The van der Waals surface area contributed by atoms with Crippen LogP contribution in [0, 0.1) is 5.92 Å². The molecule has 0 saturated carbocycles. The summed E-state index contributed by atoms with van der Waals surface area (Å²) >= 11 is 1.49. The van der Waals surface area contributed by atoms with Crippen LogP contribution in [-0.2, 0) is 14.6 Å². The topological polar surface area (TPSA) is 54.5 Å². The first-order valence-electron chi connectivity index (χ1n) is 7.76. The molecule has 1 amide bonds. The third-order valence-electron chi connectivity index (χ3n) is 4.53. The SMILES string of the molecule is O=C(C1CC=CCC1)N1CCC(c2cccs2)S(=O)(=O)CC1. The molecule has 2 unspecified atom stereocenters. The number of sulfone groups is 1. The summed E-state index contributed by atoms with van der Waals surface area (Å²) in [5, 5.41) is 1.46. The molecule has 2 heterocycles. The van der Waals surface area contributed by atoms with Crippen LogP contribution in [0.15, 0.2) is 29.7 Å². The number of rotatable bonds is 2. The lowest BCUT2D eigenvalue weighted by molar-refractivity contribution is -0.135. The average Bonchev–Trinajstić information content (AvgIpc) is 2.99. The van der Waals surface area contributed by atoms with Crippen LogP contribution >= 0.6 is 11.3 Å². The number of carbonyl (C=O) groups is 1. The molecule has 0 radical (unpaired) electrons. The van der Waals surface area contributed by atoms with Crippen LogP contribution in [-0.4, -0.2) is 38.1 Å². The molecule has 0 bridgehead atoms. The van der Waals surface area contributed by atoms with E-state index in [4.69, 9.17) is 0 Å². The lowest BCUT2D eigenvalue weighted by Crippen LogP contribution is -2.38. The summed E-state index contributed by atoms with van der Waals surface area (Å²) in [6, 6.07) is 3.77. The van der Waals surface area contributed by atoms with E-state index in [1.807, 2.05) is 17.5 Å². The maximum atomic E-state index is 12.6. The molecule has 0 N–H and O–H groups in total. The maximum absolute atomic E-state index is 12.6. The molecule has 1 aromatic heterocycles. The van der Waals surface area contributed by atoms with Crippen LogP contribution in [0.2, 0.25) is 0 Å². The van der Waals surface area contributed by atoms with Gasteiger partial charge in [-0.05, 0) is 37.1 Å². The van der Waals surface area contributed by atoms with Crippen molar-refractivity contribution >= 4 is 27.1 Å². The van der Waals surface area contributed by atoms with E-state index >= 15 is 0 Å². The van der Waals surface area contributed by atoms with Gasteiger partial charge in [0, 0.05) is 23.9 Å². The molecular formula is C16H21NO3S2. The van der Waals surface area contributed by atoms with E-state index in [0.717, 1.165) is 24.1 Å². The molecule has 1 saturated heterocycles. The molecule has 120 valence electrons. The Bertz CT molecular complexity index is 649. The minimum atomic E-state index is -3.18. The fraction of sp³-hybridized carbons (Fsp3) is 0.562. The van der Waals surface area contributed by atoms with Crippen molar-refractivity contribution in [3.05, 3.63) is 34.5 Å². The zero-order valence-electron chi connectivity index (χ0n) is 12.5. The summed E-state index contributed by atoms with van der Waals surface area (Å²) in [4.78, 5) is 15.3. The molecule has 22 heavy (non-hydrogen) atoms. The minimum Gasteiger partial charge on any atom is -0.341 e. The lowest BCUT2D eigenvalue weighted by Gasteiger charge is -2.26. The molecule has 0 spiro atoms. The van der Waals surface area contributed by atoms with Crippen molar-refractivity contribution in [2.45, 2.75) is 30.9 Å². The highest BCUT2D eigenvalue weighted by Crippen LogP contribution is 2.33. The Kier molecular flexibility index (Phi) is 4.68. The molecule has 4 nitrogen and oxygen atoms in total. The zero-order valence-corrected chi connectivity index (χ0v) is 14.1. The highest BCUT2D eigenvalue weighted by molar-refractivity contribution is 7.91. The van der Waals surface area contributed by atoms with E-state index in [1.165, 1.54) is 11.3 Å². The van der Waals surface area contributed by atoms with Gasteiger partial charge < -0.3 is 4.90 Å². The molecule has 2 aliphatic rings. The Morgan fingerprint density at radius 2 is 2.09 bits per heavy atom. The molecule has 1 aliphatic carbocycles. The van der Waals surface area contributed by atoms with Gasteiger partial charge in [0.1, 0.15) is 0 Å². The molecule has 2 atom stereocenters. The van der Waals surface area contributed by atoms with Gasteiger partial charge in [-0.3, -0.25) is 4.79 Å². The van der Waals surface area contributed by atoms with Crippen molar-refractivity contribution in [1.82, 2.24) is 4.90 Å². The molecule has 1 fully saturated rings. The van der Waals surface area contributed by atoms with Gasteiger partial charge in [0.2, 0.25) is 5.91 Å². The first-order chi connectivity index (χ1) is 10.6. The number of amides is 1. The van der Waals surface area contributed by atoms with E-state index in [1.54, 1.807) is 4.90 Å². The van der Waals surface area contributed by atoms with Crippen LogP contribution in [0.1, 0.15) is 35.8 Å². The third-order valence-corrected chi connectivity index (χ3v) is 7.77. The Balaban J connectivity index is 1.73. The van der Waals surface area contributed by atoms with Crippen molar-refractivity contribution < 1.29 is 13.2 Å². The summed E-state index contributed by atoms with van der Waals surface area (Å²) in [6.07, 6.45) is 7.31. The van der Waals surface area contributed by atoms with Crippen LogP contribution in [0.5, 0.6) is 0 Å². The monoisotopic (exact) mass is 339 g/mol. The lowest BCUT2D eigenvalue weighted by atomic mass is 9.93. The summed E-state index contributed by atoms with van der Waals surface area (Å²) in [6.45, 7) is 0.879. The van der Waals surface area contributed by atoms with E-state index < -0.39 is 15.1 Å². The highest BCUT2D eigenvalue weighted by atomic mass is 32.2. The van der Waals surface area contributed by atoms with Crippen LogP contribution in [0.3, 0.4) is 0 Å². The van der Waals surface area contributed by atoms with Gasteiger partial charge >= 0.3 is 0 Å². The first kappa shape index (κ1) is 15.7. The normalized spacial score (nSPS) is 28.3. The molecule has 1 aliphatic heterocycles. The summed E-state index contributed by atoms with van der Waals surface area (Å²) in [5.41, 5.74) is 0. The minimum absolute atomic E-state index is 0.0333. The van der Waals surface area contributed by atoms with Crippen LogP contribution in [0.25, 0.3) is 0 Å². The Morgan fingerprint density at radius 3 is 2.77 bits per heavy atom. The zero-order chi connectivity index (χ0) is 15.6. The molecule has 1 aromatic rings. The van der Waals surface area contributed by atoms with Gasteiger partial charge in [-0.25, -0.2) is 8.42 Å². The van der Waals surface area contributed by atoms with Crippen molar-refractivity contribution in [3.8, 4) is 0 Å². The van der Waals surface area contributed by atoms with E-state index in [2.05, 4.69) is 12.2 Å². The largest absolute Gasteiger partial charge is 0.341 e. The first-order valence-corrected chi connectivity index (χ1v) is 10.4. The van der Waals surface area contributed by atoms with Crippen molar-refractivity contribution in [2.24, 2.45) is 5.92 Å². The quantitative estimate of drug-likeness (QED) is 0.779. The number of allylic oxidation sites excluding steroid dienone is 2. The molecular weight excluding hydrogens is 318 g/mol. The number of carbonyl (C=O) groups excluding carboxylic acids is 1. The van der Waals surface area contributed by atoms with Crippen molar-refractivity contribution in [2.75, 3.05) is 18.8 Å². The molecule has 0 aromatic carbocycles. The van der Waals surface area contributed by atoms with E-state index in [0.29, 0.717) is 19.5 Å². The Hall–Kier alpha value is -1.14. The smallest absolute Gasteiger partial charge is 0.226 e. The van der Waals surface area contributed by atoms with Crippen molar-refractivity contribution in [3.63, 3.8) is 0 Å². The van der Waals surface area contributed by atoms with Crippen LogP contribution < -0.4 is 0 Å². The van der Waals surface area contributed by atoms with Gasteiger partial charge in [-0.2, -0.15) is 0 Å². The second-order valence-electron chi connectivity index (χ2n) is 5.97. The molecule has 3 rings (SSSR count). The number of hydrogen-bond donors (Lipinski definition) is 0. The van der Waals surface area contributed by atoms with Gasteiger partial charge in [-0.15, -0.1) is 11.3 Å². The van der Waals surface area contributed by atoms with Gasteiger partial charge in [0.25, 0.3) is 0 Å². The summed E-state index contributed by atoms with van der Waals surface area (Å²) in [7, 11) is -3.18. The summed E-state index contributed by atoms with van der Waals surface area (Å²) < 4.78 is 25.0. The van der Waals surface area contributed by atoms with Crippen molar-refractivity contribution in [1.29, 1.82) is 0 Å². The predicted octanol–water partition coefficient (Wildman–Crippen LogP) is 2.79. The average molecular weight is 339 g/mol. The highest BCUT2D eigenvalue weighted by Gasteiger charge is 2.34. The summed E-state index contributed by atoms with van der Waals surface area (Å²) in [5.74, 6) is 0.238. The van der Waals surface area contributed by atoms with Gasteiger partial charge in [0.15, 0.2) is 9.84 Å². The third kappa shape index (κ3) is 3.27. The fourth-order valence-corrected chi connectivity index (χ4v) is 6.24. The number of hydrogen-bond acceptors (Lipinski definition) is 4. The van der Waals surface area contributed by atoms with Gasteiger partial charge in [0.05, 0.1) is 11.0 Å². The second-order valence-corrected chi connectivity index (χ2v) is 9.25. The Morgan fingerprint density at radius 1 is 1.23 bits per heavy atom. The predicted molar refractivity (Wildman–Crippen MR) is 88.5 cm³/mol. The van der Waals surface area contributed by atoms with E-state index in [9.17, 15) is 13.2 Å². The molecule has 6 heteroatoms. The number of nitrogens with zero attached hydrogens (tertiary/aromatic N) is 1.